The number of amides is 2. The van der Waals surface area contributed by atoms with Gasteiger partial charge in [-0.15, -0.1) is 0 Å². The Morgan fingerprint density at radius 2 is 2.11 bits per heavy atom. The molecule has 2 aromatic carbocycles. The van der Waals surface area contributed by atoms with Gasteiger partial charge in [-0.25, -0.2) is 4.79 Å². The number of hydrogen-bond acceptors (Lipinski definition) is 4. The third kappa shape index (κ3) is 3.65. The number of para-hydroxylation sites is 1. The summed E-state index contributed by atoms with van der Waals surface area (Å²) >= 11 is 0. The molecular weight excluding hydrogens is 344 g/mol. The van der Waals surface area contributed by atoms with Crippen LogP contribution in [-0.4, -0.2) is 25.3 Å². The molecule has 0 aliphatic carbocycles. The van der Waals surface area contributed by atoms with Crippen LogP contribution < -0.4 is 24.8 Å². The van der Waals surface area contributed by atoms with E-state index in [0.717, 1.165) is 40.4 Å². The number of hydrogen-bond donors (Lipinski definition) is 2. The highest BCUT2D eigenvalue weighted by molar-refractivity contribution is 5.75. The van der Waals surface area contributed by atoms with Gasteiger partial charge in [0.15, 0.2) is 0 Å². The lowest BCUT2D eigenvalue weighted by Gasteiger charge is -2.15. The smallest absolute Gasteiger partial charge is 0.315 e. The van der Waals surface area contributed by atoms with E-state index in [2.05, 4.69) is 10.6 Å². The van der Waals surface area contributed by atoms with E-state index in [1.165, 1.54) is 0 Å². The zero-order valence-electron chi connectivity index (χ0n) is 15.6. The maximum absolute atomic E-state index is 12.4. The number of carbonyl (C=O) groups is 1. The van der Waals surface area contributed by atoms with Crippen molar-refractivity contribution in [1.29, 1.82) is 0 Å². The largest absolute Gasteiger partial charge is 0.494 e. The Morgan fingerprint density at radius 1 is 1.26 bits per heavy atom. The minimum atomic E-state index is -0.238. The molecular formula is C21H24N2O4. The SMILES string of the molecule is CCOc1cc2c(cc1CNC(=O)N[C@@H]1COc3ccccc31)O[C@H](C)C2. The van der Waals surface area contributed by atoms with Crippen LogP contribution in [0.5, 0.6) is 17.2 Å². The van der Waals surface area contributed by atoms with Gasteiger partial charge in [-0.05, 0) is 32.0 Å². The van der Waals surface area contributed by atoms with Crippen LogP contribution >= 0.6 is 0 Å². The van der Waals surface area contributed by atoms with Crippen LogP contribution in [0.2, 0.25) is 0 Å². The first-order valence-corrected chi connectivity index (χ1v) is 9.35. The van der Waals surface area contributed by atoms with E-state index in [4.69, 9.17) is 14.2 Å². The Morgan fingerprint density at radius 3 is 2.96 bits per heavy atom. The van der Waals surface area contributed by atoms with E-state index in [0.29, 0.717) is 19.8 Å². The second-order valence-corrected chi connectivity index (χ2v) is 6.86. The monoisotopic (exact) mass is 368 g/mol. The number of fused-ring (bicyclic) bond motifs is 2. The van der Waals surface area contributed by atoms with Gasteiger partial charge in [0, 0.05) is 29.7 Å². The number of urea groups is 1. The number of nitrogens with one attached hydrogen (secondary N) is 2. The molecule has 0 fully saturated rings. The normalized spacial score (nSPS) is 19.5. The summed E-state index contributed by atoms with van der Waals surface area (Å²) in [5.74, 6) is 2.50. The van der Waals surface area contributed by atoms with E-state index in [9.17, 15) is 4.79 Å². The highest BCUT2D eigenvalue weighted by atomic mass is 16.5. The van der Waals surface area contributed by atoms with E-state index in [1.54, 1.807) is 0 Å². The Kier molecular flexibility index (Phi) is 4.79. The number of benzene rings is 2. The van der Waals surface area contributed by atoms with Crippen molar-refractivity contribution in [2.45, 2.75) is 39.0 Å². The summed E-state index contributed by atoms with van der Waals surface area (Å²) < 4.78 is 17.2. The molecule has 0 unspecified atom stereocenters. The van der Waals surface area contributed by atoms with Gasteiger partial charge in [0.25, 0.3) is 0 Å². The molecule has 2 aromatic rings. The van der Waals surface area contributed by atoms with Crippen molar-refractivity contribution in [3.05, 3.63) is 53.1 Å². The molecule has 2 N–H and O–H groups in total. The van der Waals surface area contributed by atoms with Crippen LogP contribution in [0.1, 0.15) is 36.6 Å². The fraction of sp³-hybridized carbons (Fsp3) is 0.381. The van der Waals surface area contributed by atoms with Gasteiger partial charge in [0.1, 0.15) is 30.0 Å². The summed E-state index contributed by atoms with van der Waals surface area (Å²) in [7, 11) is 0. The van der Waals surface area contributed by atoms with E-state index < -0.39 is 0 Å². The van der Waals surface area contributed by atoms with Gasteiger partial charge in [0.05, 0.1) is 12.6 Å². The predicted octanol–water partition coefficient (Wildman–Crippen LogP) is 3.34. The standard InChI is InChI=1S/C21H24N2O4/c1-3-25-19-9-14-8-13(2)27-20(14)10-15(19)11-22-21(24)23-17-12-26-18-7-5-4-6-16(17)18/h4-7,9-10,13,17H,3,8,11-12H2,1-2H3,(H2,22,23,24)/t13-,17-/m1/s1. The average Bonchev–Trinajstić information content (AvgIpc) is 3.22. The maximum atomic E-state index is 12.4. The molecule has 0 aromatic heterocycles. The molecule has 142 valence electrons. The van der Waals surface area contributed by atoms with Crippen LogP contribution in [0.4, 0.5) is 4.79 Å². The molecule has 0 saturated carbocycles. The van der Waals surface area contributed by atoms with Crippen molar-refractivity contribution in [2.24, 2.45) is 0 Å². The molecule has 4 rings (SSSR count). The minimum absolute atomic E-state index is 0.142. The molecule has 2 heterocycles. The van der Waals surface area contributed by atoms with Gasteiger partial charge in [-0.3, -0.25) is 0 Å². The molecule has 2 aliphatic heterocycles. The number of rotatable bonds is 5. The zero-order valence-corrected chi connectivity index (χ0v) is 15.6. The molecule has 0 spiro atoms. The van der Waals surface area contributed by atoms with Gasteiger partial charge in [0.2, 0.25) is 0 Å². The van der Waals surface area contributed by atoms with Gasteiger partial charge >= 0.3 is 6.03 Å². The average molecular weight is 368 g/mol. The second-order valence-electron chi connectivity index (χ2n) is 6.86. The fourth-order valence-electron chi connectivity index (χ4n) is 3.58. The first-order chi connectivity index (χ1) is 13.1. The Hall–Kier alpha value is -2.89. The molecule has 0 saturated heterocycles. The zero-order chi connectivity index (χ0) is 18.8. The summed E-state index contributed by atoms with van der Waals surface area (Å²) in [6, 6.07) is 11.4. The Labute approximate surface area is 158 Å². The predicted molar refractivity (Wildman–Crippen MR) is 101 cm³/mol. The molecule has 2 amide bonds. The topological polar surface area (TPSA) is 68.8 Å². The van der Waals surface area contributed by atoms with Crippen LogP contribution in [0, 0.1) is 0 Å². The second kappa shape index (κ2) is 7.39. The molecule has 27 heavy (non-hydrogen) atoms. The minimum Gasteiger partial charge on any atom is -0.494 e. The van der Waals surface area contributed by atoms with Crippen LogP contribution in [-0.2, 0) is 13.0 Å². The molecule has 2 aliphatic rings. The van der Waals surface area contributed by atoms with Crippen LogP contribution in [0.25, 0.3) is 0 Å². The third-order valence-corrected chi connectivity index (χ3v) is 4.82. The lowest BCUT2D eigenvalue weighted by Crippen LogP contribution is -2.38. The summed E-state index contributed by atoms with van der Waals surface area (Å²) in [5.41, 5.74) is 3.06. The van der Waals surface area contributed by atoms with Crippen LogP contribution in [0.15, 0.2) is 36.4 Å². The molecule has 6 nitrogen and oxygen atoms in total. The number of carbonyl (C=O) groups excluding carboxylic acids is 1. The van der Waals surface area contributed by atoms with E-state index in [-0.39, 0.29) is 18.2 Å². The highest BCUT2D eigenvalue weighted by Crippen LogP contribution is 2.35. The highest BCUT2D eigenvalue weighted by Gasteiger charge is 2.25. The summed E-state index contributed by atoms with van der Waals surface area (Å²) in [6.07, 6.45) is 1.05. The van der Waals surface area contributed by atoms with Gasteiger partial charge in [-0.2, -0.15) is 0 Å². The van der Waals surface area contributed by atoms with Crippen molar-refractivity contribution in [2.75, 3.05) is 13.2 Å². The molecule has 2 atom stereocenters. The summed E-state index contributed by atoms with van der Waals surface area (Å²) in [6.45, 7) is 5.38. The fourth-order valence-corrected chi connectivity index (χ4v) is 3.58. The van der Waals surface area contributed by atoms with Crippen molar-refractivity contribution in [3.63, 3.8) is 0 Å². The van der Waals surface area contributed by atoms with Crippen molar-refractivity contribution in [3.8, 4) is 17.2 Å². The Balaban J connectivity index is 1.41. The molecule has 6 heteroatoms. The van der Waals surface area contributed by atoms with E-state index in [1.807, 2.05) is 50.2 Å². The Bertz CT molecular complexity index is 852. The third-order valence-electron chi connectivity index (χ3n) is 4.82. The van der Waals surface area contributed by atoms with Crippen LogP contribution in [0.3, 0.4) is 0 Å². The van der Waals surface area contributed by atoms with Crippen molar-refractivity contribution >= 4 is 6.03 Å². The first kappa shape index (κ1) is 17.5. The van der Waals surface area contributed by atoms with Crippen molar-refractivity contribution < 1.29 is 19.0 Å². The van der Waals surface area contributed by atoms with Crippen molar-refractivity contribution in [1.82, 2.24) is 10.6 Å². The summed E-state index contributed by atoms with van der Waals surface area (Å²) in [4.78, 5) is 12.4. The first-order valence-electron chi connectivity index (χ1n) is 9.35. The van der Waals surface area contributed by atoms with Gasteiger partial charge in [-0.1, -0.05) is 18.2 Å². The quantitative estimate of drug-likeness (QED) is 0.849. The van der Waals surface area contributed by atoms with E-state index >= 15 is 0 Å². The summed E-state index contributed by atoms with van der Waals surface area (Å²) in [5, 5.41) is 5.89. The lowest BCUT2D eigenvalue weighted by molar-refractivity contribution is 0.231. The lowest BCUT2D eigenvalue weighted by atomic mass is 10.1. The van der Waals surface area contributed by atoms with Gasteiger partial charge < -0.3 is 24.8 Å². The maximum Gasteiger partial charge on any atom is 0.315 e. The number of ether oxygens (including phenoxy) is 3. The molecule has 0 bridgehead atoms. The molecule has 0 radical (unpaired) electrons.